The molecule has 0 unspecified atom stereocenters. The average molecular weight is 287 g/mol. The summed E-state index contributed by atoms with van der Waals surface area (Å²) in [6, 6.07) is 12.0. The molecule has 0 aliphatic rings. The summed E-state index contributed by atoms with van der Waals surface area (Å²) >= 11 is 1.68. The molecule has 102 valence electrons. The fourth-order valence-electron chi connectivity index (χ4n) is 1.72. The third kappa shape index (κ3) is 2.80. The van der Waals surface area contributed by atoms with Gasteiger partial charge in [0.15, 0.2) is 0 Å². The van der Waals surface area contributed by atoms with Gasteiger partial charge in [0.05, 0.1) is 13.7 Å². The van der Waals surface area contributed by atoms with Crippen LogP contribution in [0, 0.1) is 0 Å². The number of hydrogen-bond donors (Lipinski definition) is 1. The lowest BCUT2D eigenvalue weighted by atomic mass is 10.2. The van der Waals surface area contributed by atoms with E-state index in [1.54, 1.807) is 18.4 Å². The molecule has 0 radical (unpaired) electrons. The normalized spacial score (nSPS) is 10.4. The van der Waals surface area contributed by atoms with Crippen LogP contribution in [0.25, 0.3) is 11.5 Å². The van der Waals surface area contributed by atoms with Crippen LogP contribution in [0.3, 0.4) is 0 Å². The van der Waals surface area contributed by atoms with Crippen molar-refractivity contribution in [3.8, 4) is 17.2 Å². The van der Waals surface area contributed by atoms with E-state index in [1.807, 2.05) is 35.7 Å². The summed E-state index contributed by atoms with van der Waals surface area (Å²) in [5, 5.41) is 13.1. The largest absolute Gasteiger partial charge is 0.497 e. The first-order valence-electron chi connectivity index (χ1n) is 6.09. The van der Waals surface area contributed by atoms with Gasteiger partial charge in [0.1, 0.15) is 5.75 Å². The molecule has 1 N–H and O–H groups in total. The molecule has 0 amide bonds. The molecule has 0 aliphatic heterocycles. The number of benzene rings is 1. The predicted molar refractivity (Wildman–Crippen MR) is 77.9 cm³/mol. The number of anilines is 1. The average Bonchev–Trinajstić information content (AvgIpc) is 3.17. The van der Waals surface area contributed by atoms with E-state index in [9.17, 15) is 0 Å². The molecular formula is C14H13N3O2S. The van der Waals surface area contributed by atoms with E-state index in [2.05, 4.69) is 21.6 Å². The Bertz CT molecular complexity index is 662. The zero-order valence-electron chi connectivity index (χ0n) is 10.9. The van der Waals surface area contributed by atoms with E-state index < -0.39 is 0 Å². The minimum Gasteiger partial charge on any atom is -0.497 e. The molecule has 0 aliphatic carbocycles. The number of hydrogen-bond acceptors (Lipinski definition) is 6. The van der Waals surface area contributed by atoms with Gasteiger partial charge in [-0.1, -0.05) is 11.2 Å². The lowest BCUT2D eigenvalue weighted by molar-refractivity contribution is 0.415. The van der Waals surface area contributed by atoms with Crippen LogP contribution in [0.5, 0.6) is 5.75 Å². The van der Waals surface area contributed by atoms with Crippen LogP contribution in [0.15, 0.2) is 46.2 Å². The Morgan fingerprint density at radius 2 is 2.05 bits per heavy atom. The molecular weight excluding hydrogens is 274 g/mol. The van der Waals surface area contributed by atoms with Gasteiger partial charge in [0, 0.05) is 10.4 Å². The van der Waals surface area contributed by atoms with Crippen LogP contribution in [0.4, 0.5) is 6.01 Å². The molecule has 0 fully saturated rings. The number of ether oxygens (including phenoxy) is 1. The smallest absolute Gasteiger partial charge is 0.316 e. The fraction of sp³-hybridized carbons (Fsp3) is 0.143. The van der Waals surface area contributed by atoms with Crippen molar-refractivity contribution < 1.29 is 9.15 Å². The third-order valence-corrected chi connectivity index (χ3v) is 3.63. The molecule has 6 heteroatoms. The highest BCUT2D eigenvalue weighted by atomic mass is 32.1. The zero-order valence-corrected chi connectivity index (χ0v) is 11.7. The van der Waals surface area contributed by atoms with Gasteiger partial charge >= 0.3 is 6.01 Å². The van der Waals surface area contributed by atoms with Gasteiger partial charge < -0.3 is 14.5 Å². The van der Waals surface area contributed by atoms with Crippen molar-refractivity contribution in [2.24, 2.45) is 0 Å². The molecule has 2 heterocycles. The molecule has 0 saturated heterocycles. The van der Waals surface area contributed by atoms with E-state index in [-0.39, 0.29) is 0 Å². The van der Waals surface area contributed by atoms with Crippen molar-refractivity contribution in [1.29, 1.82) is 0 Å². The summed E-state index contributed by atoms with van der Waals surface area (Å²) in [5.41, 5.74) is 0.863. The molecule has 0 spiro atoms. The van der Waals surface area contributed by atoms with E-state index in [1.165, 1.54) is 4.88 Å². The highest BCUT2D eigenvalue weighted by Gasteiger charge is 2.08. The van der Waals surface area contributed by atoms with Gasteiger partial charge in [-0.2, -0.15) is 0 Å². The minimum atomic E-state index is 0.421. The highest BCUT2D eigenvalue weighted by Crippen LogP contribution is 2.22. The number of nitrogens with one attached hydrogen (secondary N) is 1. The Balaban J connectivity index is 1.69. The predicted octanol–water partition coefficient (Wildman–Crippen LogP) is 3.42. The van der Waals surface area contributed by atoms with Gasteiger partial charge in [0.25, 0.3) is 0 Å². The number of thiophene rings is 1. The van der Waals surface area contributed by atoms with Crippen molar-refractivity contribution >= 4 is 17.4 Å². The maximum Gasteiger partial charge on any atom is 0.316 e. The standard InChI is InChI=1S/C14H13N3O2S/c1-18-11-6-4-10(5-7-11)13-16-17-14(19-13)15-9-12-3-2-8-20-12/h2-8H,9H2,1H3,(H,15,17). The molecule has 3 rings (SSSR count). The first kappa shape index (κ1) is 12.7. The molecule has 5 nitrogen and oxygen atoms in total. The Morgan fingerprint density at radius 3 is 2.75 bits per heavy atom. The lowest BCUT2D eigenvalue weighted by Crippen LogP contribution is -1.97. The van der Waals surface area contributed by atoms with Gasteiger partial charge in [0.2, 0.25) is 5.89 Å². The van der Waals surface area contributed by atoms with Crippen molar-refractivity contribution in [1.82, 2.24) is 10.2 Å². The first-order valence-corrected chi connectivity index (χ1v) is 6.97. The van der Waals surface area contributed by atoms with Crippen LogP contribution < -0.4 is 10.1 Å². The van der Waals surface area contributed by atoms with E-state index >= 15 is 0 Å². The molecule has 20 heavy (non-hydrogen) atoms. The SMILES string of the molecule is COc1ccc(-c2nnc(NCc3cccs3)o2)cc1. The van der Waals surface area contributed by atoms with E-state index in [0.717, 1.165) is 11.3 Å². The van der Waals surface area contributed by atoms with Gasteiger partial charge in [-0.05, 0) is 35.7 Å². The quantitative estimate of drug-likeness (QED) is 0.779. The van der Waals surface area contributed by atoms with Gasteiger partial charge in [-0.25, -0.2) is 0 Å². The number of aromatic nitrogens is 2. The summed E-state index contributed by atoms with van der Waals surface area (Å²) in [6.07, 6.45) is 0. The molecule has 0 atom stereocenters. The highest BCUT2D eigenvalue weighted by molar-refractivity contribution is 7.09. The third-order valence-electron chi connectivity index (χ3n) is 2.76. The number of nitrogens with zero attached hydrogens (tertiary/aromatic N) is 2. The molecule has 3 aromatic rings. The van der Waals surface area contributed by atoms with E-state index in [4.69, 9.17) is 9.15 Å². The first-order chi connectivity index (χ1) is 9.85. The van der Waals surface area contributed by atoms with Crippen LogP contribution in [-0.2, 0) is 6.54 Å². The van der Waals surface area contributed by atoms with E-state index in [0.29, 0.717) is 18.5 Å². The van der Waals surface area contributed by atoms with Gasteiger partial charge in [-0.15, -0.1) is 16.4 Å². The maximum absolute atomic E-state index is 5.57. The van der Waals surface area contributed by atoms with Crippen LogP contribution in [0.2, 0.25) is 0 Å². The monoisotopic (exact) mass is 287 g/mol. The van der Waals surface area contributed by atoms with Crippen LogP contribution >= 0.6 is 11.3 Å². The topological polar surface area (TPSA) is 60.2 Å². The maximum atomic E-state index is 5.57. The minimum absolute atomic E-state index is 0.421. The molecule has 1 aromatic carbocycles. The Kier molecular flexibility index (Phi) is 3.64. The zero-order chi connectivity index (χ0) is 13.8. The summed E-state index contributed by atoms with van der Waals surface area (Å²) in [4.78, 5) is 1.22. The fourth-order valence-corrected chi connectivity index (χ4v) is 2.37. The van der Waals surface area contributed by atoms with Crippen LogP contribution in [0.1, 0.15) is 4.88 Å². The molecule has 0 bridgehead atoms. The van der Waals surface area contributed by atoms with Crippen molar-refractivity contribution in [2.45, 2.75) is 6.54 Å². The van der Waals surface area contributed by atoms with Crippen molar-refractivity contribution in [3.05, 3.63) is 46.7 Å². The second kappa shape index (κ2) is 5.75. The summed E-state index contributed by atoms with van der Waals surface area (Å²) in [6.45, 7) is 0.682. The Hall–Kier alpha value is -2.34. The van der Waals surface area contributed by atoms with Crippen LogP contribution in [-0.4, -0.2) is 17.3 Å². The Labute approximate surface area is 120 Å². The summed E-state index contributed by atoms with van der Waals surface area (Å²) < 4.78 is 10.7. The summed E-state index contributed by atoms with van der Waals surface area (Å²) in [5.74, 6) is 1.28. The van der Waals surface area contributed by atoms with Crippen molar-refractivity contribution in [3.63, 3.8) is 0 Å². The number of rotatable bonds is 5. The Morgan fingerprint density at radius 1 is 1.20 bits per heavy atom. The second-order valence-electron chi connectivity index (χ2n) is 4.07. The van der Waals surface area contributed by atoms with Gasteiger partial charge in [-0.3, -0.25) is 0 Å². The summed E-state index contributed by atoms with van der Waals surface area (Å²) in [7, 11) is 1.63. The molecule has 2 aromatic heterocycles. The molecule has 0 saturated carbocycles. The number of methoxy groups -OCH3 is 1. The van der Waals surface area contributed by atoms with Crippen molar-refractivity contribution in [2.75, 3.05) is 12.4 Å². The lowest BCUT2D eigenvalue weighted by Gasteiger charge is -1.99. The second-order valence-corrected chi connectivity index (χ2v) is 5.11.